The molecule has 16 heavy (non-hydrogen) atoms. The van der Waals surface area contributed by atoms with Gasteiger partial charge in [0, 0.05) is 15.6 Å². The molecule has 2 rings (SSSR count). The van der Waals surface area contributed by atoms with Crippen LogP contribution in [0.4, 0.5) is 0 Å². The maximum atomic E-state index is 9.26. The van der Waals surface area contributed by atoms with E-state index in [0.29, 0.717) is 18.3 Å². The fourth-order valence-corrected chi connectivity index (χ4v) is 2.17. The predicted octanol–water partition coefficient (Wildman–Crippen LogP) is 2.22. The molecule has 0 aromatic heterocycles. The lowest BCUT2D eigenvalue weighted by Gasteiger charge is -2.14. The van der Waals surface area contributed by atoms with Gasteiger partial charge in [-0.25, -0.2) is 0 Å². The number of hydrogen-bond donors (Lipinski definition) is 2. The van der Waals surface area contributed by atoms with Gasteiger partial charge in [-0.2, -0.15) is 0 Å². The smallest absolute Gasteiger partial charge is 0.130 e. The first-order valence-corrected chi connectivity index (χ1v) is 6.19. The summed E-state index contributed by atoms with van der Waals surface area (Å²) in [5.41, 5.74) is 1.44. The molecule has 4 heteroatoms. The second-order valence-corrected chi connectivity index (χ2v) is 5.04. The van der Waals surface area contributed by atoms with Crippen molar-refractivity contribution < 1.29 is 14.9 Å². The summed E-state index contributed by atoms with van der Waals surface area (Å²) < 4.78 is 6.53. The topological polar surface area (TPSA) is 49.7 Å². The second kappa shape index (κ2) is 5.17. The number of aliphatic hydroxyl groups is 2. The van der Waals surface area contributed by atoms with E-state index in [1.807, 2.05) is 12.1 Å². The Labute approximate surface area is 103 Å². The lowest BCUT2D eigenvalue weighted by molar-refractivity contribution is 0.241. The van der Waals surface area contributed by atoms with Gasteiger partial charge in [0.25, 0.3) is 0 Å². The summed E-state index contributed by atoms with van der Waals surface area (Å²) >= 11 is 3.34. The van der Waals surface area contributed by atoms with Crippen molar-refractivity contribution in [2.75, 3.05) is 6.61 Å². The van der Waals surface area contributed by atoms with Gasteiger partial charge in [0.1, 0.15) is 5.75 Å². The van der Waals surface area contributed by atoms with E-state index in [-0.39, 0.29) is 13.2 Å². The Morgan fingerprint density at radius 3 is 2.19 bits per heavy atom. The van der Waals surface area contributed by atoms with E-state index >= 15 is 0 Å². The summed E-state index contributed by atoms with van der Waals surface area (Å²) in [5.74, 6) is 1.29. The lowest BCUT2D eigenvalue weighted by Crippen LogP contribution is -2.05. The Morgan fingerprint density at radius 2 is 1.75 bits per heavy atom. The minimum absolute atomic E-state index is 0.0769. The molecule has 0 amide bonds. The normalized spacial score (nSPS) is 15.2. The molecule has 0 atom stereocenters. The Balaban J connectivity index is 2.22. The van der Waals surface area contributed by atoms with Crippen molar-refractivity contribution in [1.82, 2.24) is 0 Å². The highest BCUT2D eigenvalue weighted by Crippen LogP contribution is 2.33. The fraction of sp³-hybridized carbons (Fsp3) is 0.500. The molecule has 1 saturated carbocycles. The van der Waals surface area contributed by atoms with Crippen molar-refractivity contribution in [3.8, 4) is 5.75 Å². The Hall–Kier alpha value is -0.580. The molecule has 0 heterocycles. The molecule has 0 saturated heterocycles. The van der Waals surface area contributed by atoms with E-state index in [2.05, 4.69) is 15.9 Å². The quantitative estimate of drug-likeness (QED) is 0.873. The third-order valence-corrected chi connectivity index (χ3v) is 3.17. The van der Waals surface area contributed by atoms with Crippen LogP contribution in [0.5, 0.6) is 5.75 Å². The molecule has 0 unspecified atom stereocenters. The van der Waals surface area contributed by atoms with Crippen LogP contribution in [0.1, 0.15) is 24.0 Å². The van der Waals surface area contributed by atoms with E-state index < -0.39 is 0 Å². The number of ether oxygens (including phenoxy) is 1. The number of aliphatic hydroxyl groups excluding tert-OH is 2. The van der Waals surface area contributed by atoms with E-state index in [1.54, 1.807) is 0 Å². The molecule has 1 aliphatic carbocycles. The Kier molecular flexibility index (Phi) is 3.84. The van der Waals surface area contributed by atoms with Crippen LogP contribution in [0.15, 0.2) is 16.6 Å². The molecule has 1 aromatic carbocycles. The van der Waals surface area contributed by atoms with E-state index in [4.69, 9.17) is 4.74 Å². The summed E-state index contributed by atoms with van der Waals surface area (Å²) in [6, 6.07) is 3.64. The molecule has 1 aromatic rings. The second-order valence-electron chi connectivity index (χ2n) is 4.12. The minimum atomic E-state index is -0.0769. The van der Waals surface area contributed by atoms with Crippen molar-refractivity contribution in [2.45, 2.75) is 26.1 Å². The third kappa shape index (κ3) is 2.75. The van der Waals surface area contributed by atoms with Gasteiger partial charge in [0.2, 0.25) is 0 Å². The van der Waals surface area contributed by atoms with Gasteiger partial charge < -0.3 is 14.9 Å². The number of rotatable bonds is 5. The summed E-state index contributed by atoms with van der Waals surface area (Å²) in [6.07, 6.45) is 2.44. The van der Waals surface area contributed by atoms with Crippen molar-refractivity contribution in [2.24, 2.45) is 5.92 Å². The Morgan fingerprint density at radius 1 is 1.19 bits per heavy atom. The molecule has 2 N–H and O–H groups in total. The van der Waals surface area contributed by atoms with Crippen molar-refractivity contribution in [1.29, 1.82) is 0 Å². The Bertz CT molecular complexity index is 350. The molecule has 0 spiro atoms. The summed E-state index contributed by atoms with van der Waals surface area (Å²) in [7, 11) is 0. The SMILES string of the molecule is OCc1cc(Br)cc(CO)c1OCC1CC1. The maximum absolute atomic E-state index is 9.26. The van der Waals surface area contributed by atoms with E-state index in [9.17, 15) is 10.2 Å². The van der Waals surface area contributed by atoms with Crippen LogP contribution >= 0.6 is 15.9 Å². The van der Waals surface area contributed by atoms with Crippen molar-refractivity contribution in [3.05, 3.63) is 27.7 Å². The molecule has 0 bridgehead atoms. The average Bonchev–Trinajstić information content (AvgIpc) is 3.10. The predicted molar refractivity (Wildman–Crippen MR) is 64.2 cm³/mol. The van der Waals surface area contributed by atoms with Gasteiger partial charge in [-0.05, 0) is 30.9 Å². The van der Waals surface area contributed by atoms with Gasteiger partial charge >= 0.3 is 0 Å². The molecule has 1 fully saturated rings. The van der Waals surface area contributed by atoms with Crippen LogP contribution in [0.3, 0.4) is 0 Å². The first-order chi connectivity index (χ1) is 7.74. The molecule has 88 valence electrons. The van der Waals surface area contributed by atoms with E-state index in [1.165, 1.54) is 12.8 Å². The van der Waals surface area contributed by atoms with Crippen molar-refractivity contribution >= 4 is 15.9 Å². The van der Waals surface area contributed by atoms with Crippen LogP contribution in [0.2, 0.25) is 0 Å². The van der Waals surface area contributed by atoms with E-state index in [0.717, 1.165) is 15.6 Å². The molecule has 3 nitrogen and oxygen atoms in total. The lowest BCUT2D eigenvalue weighted by atomic mass is 10.1. The third-order valence-electron chi connectivity index (χ3n) is 2.71. The van der Waals surface area contributed by atoms with Gasteiger partial charge in [0.15, 0.2) is 0 Å². The summed E-state index contributed by atoms with van der Waals surface area (Å²) in [4.78, 5) is 0. The molecular formula is C12H15BrO3. The largest absolute Gasteiger partial charge is 0.493 e. The highest BCUT2D eigenvalue weighted by atomic mass is 79.9. The fourth-order valence-electron chi connectivity index (χ4n) is 1.62. The molecule has 0 aliphatic heterocycles. The highest BCUT2D eigenvalue weighted by Gasteiger charge is 2.23. The molecule has 1 aliphatic rings. The average molecular weight is 287 g/mol. The minimum Gasteiger partial charge on any atom is -0.493 e. The first kappa shape index (κ1) is 11.9. The summed E-state index contributed by atoms with van der Waals surface area (Å²) in [6.45, 7) is 0.528. The van der Waals surface area contributed by atoms with Gasteiger partial charge in [-0.3, -0.25) is 0 Å². The first-order valence-electron chi connectivity index (χ1n) is 5.40. The number of benzene rings is 1. The zero-order chi connectivity index (χ0) is 11.5. The maximum Gasteiger partial charge on any atom is 0.130 e. The standard InChI is InChI=1S/C12H15BrO3/c13-11-3-9(5-14)12(10(4-11)6-15)16-7-8-1-2-8/h3-4,8,14-15H,1-2,5-7H2. The number of hydrogen-bond acceptors (Lipinski definition) is 3. The van der Waals surface area contributed by atoms with Crippen LogP contribution in [-0.4, -0.2) is 16.8 Å². The van der Waals surface area contributed by atoms with Crippen LogP contribution in [0.25, 0.3) is 0 Å². The highest BCUT2D eigenvalue weighted by molar-refractivity contribution is 9.10. The monoisotopic (exact) mass is 286 g/mol. The van der Waals surface area contributed by atoms with Gasteiger partial charge in [-0.15, -0.1) is 0 Å². The van der Waals surface area contributed by atoms with Crippen molar-refractivity contribution in [3.63, 3.8) is 0 Å². The zero-order valence-electron chi connectivity index (χ0n) is 8.95. The van der Waals surface area contributed by atoms with Gasteiger partial charge in [0.05, 0.1) is 19.8 Å². The van der Waals surface area contributed by atoms with Crippen LogP contribution < -0.4 is 4.74 Å². The molecular weight excluding hydrogens is 272 g/mol. The summed E-state index contributed by atoms with van der Waals surface area (Å²) in [5, 5.41) is 18.5. The van der Waals surface area contributed by atoms with Crippen LogP contribution in [0, 0.1) is 5.92 Å². The van der Waals surface area contributed by atoms with Crippen LogP contribution in [-0.2, 0) is 13.2 Å². The zero-order valence-corrected chi connectivity index (χ0v) is 10.5. The number of halogens is 1. The molecule has 0 radical (unpaired) electrons. The van der Waals surface area contributed by atoms with Gasteiger partial charge in [-0.1, -0.05) is 15.9 Å².